The zero-order chi connectivity index (χ0) is 22.0. The first-order valence-electron chi connectivity index (χ1n) is 9.98. The molecule has 0 saturated carbocycles. The molecule has 2 aromatic heterocycles. The number of hydrogen-bond donors (Lipinski definition) is 3. The number of anilines is 2. The lowest BCUT2D eigenvalue weighted by Crippen LogP contribution is -2.41. The third kappa shape index (κ3) is 4.65. The van der Waals surface area contributed by atoms with Gasteiger partial charge in [-0.05, 0) is 37.3 Å². The molecule has 4 rings (SSSR count). The van der Waals surface area contributed by atoms with Crippen LogP contribution in [0, 0.1) is 6.92 Å². The number of aromatic nitrogens is 3. The van der Waals surface area contributed by atoms with Gasteiger partial charge in [-0.2, -0.15) is 0 Å². The first-order valence-corrected chi connectivity index (χ1v) is 9.98. The van der Waals surface area contributed by atoms with E-state index in [9.17, 15) is 14.4 Å². The first-order chi connectivity index (χ1) is 14.9. The van der Waals surface area contributed by atoms with Crippen molar-refractivity contribution in [1.82, 2.24) is 19.7 Å². The van der Waals surface area contributed by atoms with Crippen LogP contribution in [0.15, 0.2) is 35.1 Å². The molecule has 3 N–H and O–H groups in total. The van der Waals surface area contributed by atoms with Gasteiger partial charge in [0.25, 0.3) is 11.5 Å². The van der Waals surface area contributed by atoms with E-state index in [-0.39, 0.29) is 22.4 Å². The molecule has 0 unspecified atom stereocenters. The second kappa shape index (κ2) is 8.70. The van der Waals surface area contributed by atoms with Crippen LogP contribution in [0.25, 0.3) is 11.0 Å². The molecule has 0 atom stereocenters. The van der Waals surface area contributed by atoms with Crippen LogP contribution in [0.1, 0.15) is 16.1 Å². The molecule has 10 nitrogen and oxygen atoms in total. The lowest BCUT2D eigenvalue weighted by Gasteiger charge is -2.25. The van der Waals surface area contributed by atoms with Crippen LogP contribution in [0.2, 0.25) is 0 Å². The number of H-pyrrole nitrogens is 1. The molecule has 162 valence electrons. The summed E-state index contributed by atoms with van der Waals surface area (Å²) in [4.78, 5) is 43.7. The third-order valence-corrected chi connectivity index (χ3v) is 5.08. The predicted molar refractivity (Wildman–Crippen MR) is 116 cm³/mol. The quantitative estimate of drug-likeness (QED) is 0.564. The van der Waals surface area contributed by atoms with Crippen LogP contribution < -0.4 is 16.2 Å². The fraction of sp³-hybridized carbons (Fsp3) is 0.333. The maximum absolute atomic E-state index is 12.8. The number of benzene rings is 1. The van der Waals surface area contributed by atoms with E-state index in [2.05, 4.69) is 20.7 Å². The highest BCUT2D eigenvalue weighted by atomic mass is 16.5. The molecule has 0 spiro atoms. The van der Waals surface area contributed by atoms with Crippen LogP contribution in [0.4, 0.5) is 11.4 Å². The van der Waals surface area contributed by atoms with Gasteiger partial charge in [0.2, 0.25) is 5.91 Å². The Kier molecular flexibility index (Phi) is 5.83. The second-order valence-corrected chi connectivity index (χ2v) is 7.48. The van der Waals surface area contributed by atoms with E-state index in [1.165, 1.54) is 4.68 Å². The van der Waals surface area contributed by atoms with Gasteiger partial charge in [-0.1, -0.05) is 0 Å². The Hall–Kier alpha value is -3.50. The summed E-state index contributed by atoms with van der Waals surface area (Å²) in [5.74, 6) is -0.507. The molecule has 1 fully saturated rings. The minimum Gasteiger partial charge on any atom is -0.379 e. The van der Waals surface area contributed by atoms with E-state index >= 15 is 0 Å². The molecule has 0 bridgehead atoms. The fourth-order valence-corrected chi connectivity index (χ4v) is 3.56. The molecule has 3 heterocycles. The summed E-state index contributed by atoms with van der Waals surface area (Å²) < 4.78 is 6.78. The smallest absolute Gasteiger partial charge is 0.274 e. The van der Waals surface area contributed by atoms with Crippen molar-refractivity contribution in [2.45, 2.75) is 6.92 Å². The van der Waals surface area contributed by atoms with Crippen LogP contribution in [0.5, 0.6) is 0 Å². The van der Waals surface area contributed by atoms with Crippen molar-refractivity contribution in [3.63, 3.8) is 0 Å². The van der Waals surface area contributed by atoms with Crippen molar-refractivity contribution < 1.29 is 14.3 Å². The summed E-state index contributed by atoms with van der Waals surface area (Å²) >= 11 is 0. The van der Waals surface area contributed by atoms with E-state index < -0.39 is 5.91 Å². The Morgan fingerprint density at radius 2 is 1.77 bits per heavy atom. The lowest BCUT2D eigenvalue weighted by molar-refractivity contribution is -0.118. The summed E-state index contributed by atoms with van der Waals surface area (Å²) in [7, 11) is 1.67. The Morgan fingerprint density at radius 1 is 1.13 bits per heavy atom. The number of amides is 2. The number of nitrogens with one attached hydrogen (secondary N) is 3. The largest absolute Gasteiger partial charge is 0.379 e. The number of carbonyl (C=O) groups excluding carboxylic acids is 2. The molecule has 3 aromatic rings. The van der Waals surface area contributed by atoms with Gasteiger partial charge < -0.3 is 15.4 Å². The number of carbonyl (C=O) groups is 2. The van der Waals surface area contributed by atoms with Gasteiger partial charge in [0.15, 0.2) is 5.65 Å². The van der Waals surface area contributed by atoms with Gasteiger partial charge in [0, 0.05) is 37.2 Å². The Labute approximate surface area is 178 Å². The highest BCUT2D eigenvalue weighted by Gasteiger charge is 2.18. The summed E-state index contributed by atoms with van der Waals surface area (Å²) in [5.41, 5.74) is 2.13. The number of ether oxygens (including phenoxy) is 1. The summed E-state index contributed by atoms with van der Waals surface area (Å²) in [6.07, 6.45) is 0. The summed E-state index contributed by atoms with van der Waals surface area (Å²) in [5, 5.41) is 8.52. The molecule has 1 aromatic carbocycles. The van der Waals surface area contributed by atoms with Crippen LogP contribution in [0.3, 0.4) is 0 Å². The number of rotatable bonds is 5. The van der Waals surface area contributed by atoms with Crippen molar-refractivity contribution >= 4 is 34.2 Å². The van der Waals surface area contributed by atoms with E-state index in [4.69, 9.17) is 4.74 Å². The van der Waals surface area contributed by atoms with E-state index in [1.807, 2.05) is 4.90 Å². The summed E-state index contributed by atoms with van der Waals surface area (Å²) in [6.45, 7) is 4.83. The number of nitrogens with zero attached hydrogens (tertiary/aromatic N) is 3. The van der Waals surface area contributed by atoms with E-state index in [0.717, 1.165) is 13.1 Å². The third-order valence-electron chi connectivity index (χ3n) is 5.08. The molecular weight excluding hydrogens is 400 g/mol. The second-order valence-electron chi connectivity index (χ2n) is 7.48. The average molecular weight is 424 g/mol. The number of hydrogen-bond acceptors (Lipinski definition) is 6. The van der Waals surface area contributed by atoms with Crippen molar-refractivity contribution in [3.05, 3.63) is 51.9 Å². The molecule has 2 amide bonds. The number of pyridine rings is 1. The van der Waals surface area contributed by atoms with Crippen molar-refractivity contribution in [1.29, 1.82) is 0 Å². The summed E-state index contributed by atoms with van der Waals surface area (Å²) in [6, 6.07) is 8.42. The molecule has 1 aliphatic rings. The Balaban J connectivity index is 1.43. The topological polar surface area (TPSA) is 121 Å². The highest BCUT2D eigenvalue weighted by Crippen LogP contribution is 2.18. The van der Waals surface area contributed by atoms with Gasteiger partial charge in [0.1, 0.15) is 0 Å². The van der Waals surface area contributed by atoms with Gasteiger partial charge >= 0.3 is 0 Å². The minimum absolute atomic E-state index is 0.100. The molecule has 10 heteroatoms. The standard InChI is InChI=1S/C21H24N6O4/c1-13-11-16(18-19(22-13)26(2)25-21(18)30)20(29)24-15-5-3-14(4-6-15)23-17(28)12-27-7-9-31-10-8-27/h3-6,11H,7-10,12H2,1-2H3,(H,23,28)(H,24,29)(H,25,30). The van der Waals surface area contributed by atoms with Gasteiger partial charge in [-0.15, -0.1) is 0 Å². The molecule has 0 radical (unpaired) electrons. The zero-order valence-corrected chi connectivity index (χ0v) is 17.4. The predicted octanol–water partition coefficient (Wildman–Crippen LogP) is 1.09. The van der Waals surface area contributed by atoms with Crippen molar-refractivity contribution in [2.75, 3.05) is 43.5 Å². The number of morpholine rings is 1. The SMILES string of the molecule is Cc1cc(C(=O)Nc2ccc(NC(=O)CN3CCOCC3)cc2)c2c(=O)[nH]n(C)c2n1. The van der Waals surface area contributed by atoms with E-state index in [0.29, 0.717) is 42.5 Å². The molecule has 1 aliphatic heterocycles. The van der Waals surface area contributed by atoms with Crippen molar-refractivity contribution in [2.24, 2.45) is 7.05 Å². The van der Waals surface area contributed by atoms with Crippen LogP contribution in [-0.2, 0) is 16.6 Å². The molecule has 1 saturated heterocycles. The van der Waals surface area contributed by atoms with Crippen LogP contribution >= 0.6 is 0 Å². The molecule has 0 aliphatic carbocycles. The Morgan fingerprint density at radius 3 is 2.45 bits per heavy atom. The fourth-order valence-electron chi connectivity index (χ4n) is 3.56. The minimum atomic E-state index is -0.406. The zero-order valence-electron chi connectivity index (χ0n) is 17.4. The normalized spacial score (nSPS) is 14.5. The average Bonchev–Trinajstić information content (AvgIpc) is 3.03. The Bertz CT molecular complexity index is 1180. The maximum Gasteiger partial charge on any atom is 0.274 e. The van der Waals surface area contributed by atoms with Crippen LogP contribution in [-0.4, -0.2) is 64.3 Å². The lowest BCUT2D eigenvalue weighted by atomic mass is 10.1. The highest BCUT2D eigenvalue weighted by molar-refractivity contribution is 6.12. The van der Waals surface area contributed by atoms with Crippen molar-refractivity contribution in [3.8, 4) is 0 Å². The number of aromatic amines is 1. The maximum atomic E-state index is 12.8. The molecular formula is C21H24N6O4. The molecule has 31 heavy (non-hydrogen) atoms. The van der Waals surface area contributed by atoms with Gasteiger partial charge in [-0.25, -0.2) is 4.98 Å². The van der Waals surface area contributed by atoms with Gasteiger partial charge in [0.05, 0.1) is 30.7 Å². The monoisotopic (exact) mass is 424 g/mol. The number of fused-ring (bicyclic) bond motifs is 1. The van der Waals surface area contributed by atoms with Gasteiger partial charge in [-0.3, -0.25) is 29.1 Å². The van der Waals surface area contributed by atoms with E-state index in [1.54, 1.807) is 44.3 Å². The number of aryl methyl sites for hydroxylation is 2. The first kappa shape index (κ1) is 20.8.